The van der Waals surface area contributed by atoms with Crippen LogP contribution in [-0.4, -0.2) is 6.29 Å². The van der Waals surface area contributed by atoms with Crippen molar-refractivity contribution in [1.29, 1.82) is 0 Å². The third-order valence-corrected chi connectivity index (χ3v) is 2.41. The predicted molar refractivity (Wildman–Crippen MR) is 57.7 cm³/mol. The number of hydrogen-bond acceptors (Lipinski definition) is 1. The molecule has 0 saturated carbocycles. The van der Waals surface area contributed by atoms with Crippen LogP contribution in [0.5, 0.6) is 0 Å². The summed E-state index contributed by atoms with van der Waals surface area (Å²) in [5.41, 5.74) is 2.56. The van der Waals surface area contributed by atoms with E-state index in [2.05, 4.69) is 33.8 Å². The monoisotopic (exact) mass is 180 g/mol. The van der Waals surface area contributed by atoms with Gasteiger partial charge < -0.3 is 0 Å². The van der Waals surface area contributed by atoms with Crippen molar-refractivity contribution in [2.24, 2.45) is 5.41 Å². The molecule has 0 radical (unpaired) electrons. The lowest BCUT2D eigenvalue weighted by atomic mass is 9.81. The summed E-state index contributed by atoms with van der Waals surface area (Å²) >= 11 is 0. The van der Waals surface area contributed by atoms with E-state index >= 15 is 0 Å². The van der Waals surface area contributed by atoms with Gasteiger partial charge in [-0.2, -0.15) is 0 Å². The molecule has 0 rings (SSSR count). The first-order valence-corrected chi connectivity index (χ1v) is 4.66. The Morgan fingerprint density at radius 1 is 1.23 bits per heavy atom. The Balaban J connectivity index is 4.48. The molecule has 0 heterocycles. The van der Waals surface area contributed by atoms with Gasteiger partial charge in [-0.15, -0.1) is 0 Å². The molecule has 0 N–H and O–H groups in total. The zero-order valence-corrected chi connectivity index (χ0v) is 9.35. The molecule has 0 aromatic heterocycles. The Hall–Kier alpha value is -0.850. The second-order valence-corrected chi connectivity index (χ2v) is 4.36. The van der Waals surface area contributed by atoms with Gasteiger partial charge in [-0.3, -0.25) is 4.79 Å². The van der Waals surface area contributed by atoms with E-state index in [0.29, 0.717) is 0 Å². The topological polar surface area (TPSA) is 17.1 Å². The number of rotatable bonds is 4. The lowest BCUT2D eigenvalue weighted by molar-refractivity contribution is -0.104. The number of carbonyl (C=O) groups excluding carboxylic acids is 1. The maximum atomic E-state index is 10.3. The van der Waals surface area contributed by atoms with Crippen LogP contribution in [0.3, 0.4) is 0 Å². The van der Waals surface area contributed by atoms with Crippen LogP contribution in [0.15, 0.2) is 23.3 Å². The standard InChI is InChI=1S/C12H20O/c1-10(2)6-8-12(4,5)11(3)7-9-13/h6-7,9H,8H2,1-5H3/b11-7+. The van der Waals surface area contributed by atoms with Crippen LogP contribution < -0.4 is 0 Å². The number of hydrogen-bond donors (Lipinski definition) is 0. The fourth-order valence-electron chi connectivity index (χ4n) is 0.948. The number of carbonyl (C=O) groups is 1. The first kappa shape index (κ1) is 12.2. The van der Waals surface area contributed by atoms with E-state index in [9.17, 15) is 4.79 Å². The molecule has 0 aromatic carbocycles. The summed E-state index contributed by atoms with van der Waals surface area (Å²) < 4.78 is 0. The third-order valence-electron chi connectivity index (χ3n) is 2.41. The van der Waals surface area contributed by atoms with Crippen LogP contribution in [0.25, 0.3) is 0 Å². The van der Waals surface area contributed by atoms with Crippen molar-refractivity contribution in [2.75, 3.05) is 0 Å². The summed E-state index contributed by atoms with van der Waals surface area (Å²) in [5, 5.41) is 0. The van der Waals surface area contributed by atoms with Crippen molar-refractivity contribution in [3.63, 3.8) is 0 Å². The van der Waals surface area contributed by atoms with E-state index < -0.39 is 0 Å². The van der Waals surface area contributed by atoms with Gasteiger partial charge in [0.2, 0.25) is 0 Å². The van der Waals surface area contributed by atoms with Gasteiger partial charge in [-0.1, -0.05) is 31.1 Å². The van der Waals surface area contributed by atoms with Gasteiger partial charge in [0.25, 0.3) is 0 Å². The van der Waals surface area contributed by atoms with Gasteiger partial charge in [0, 0.05) is 0 Å². The van der Waals surface area contributed by atoms with E-state index in [1.165, 1.54) is 5.57 Å². The minimum atomic E-state index is 0.0954. The fourth-order valence-corrected chi connectivity index (χ4v) is 0.948. The van der Waals surface area contributed by atoms with Gasteiger partial charge >= 0.3 is 0 Å². The van der Waals surface area contributed by atoms with E-state index in [4.69, 9.17) is 0 Å². The van der Waals surface area contributed by atoms with E-state index in [-0.39, 0.29) is 5.41 Å². The predicted octanol–water partition coefficient (Wildman–Crippen LogP) is 3.51. The SMILES string of the molecule is CC(C)=CCC(C)(C)/C(C)=C/C=O. The summed E-state index contributed by atoms with van der Waals surface area (Å²) in [6, 6.07) is 0. The minimum absolute atomic E-state index is 0.0954. The van der Waals surface area contributed by atoms with Gasteiger partial charge in [0.05, 0.1) is 0 Å². The quantitative estimate of drug-likeness (QED) is 0.367. The molecule has 0 atom stereocenters. The van der Waals surface area contributed by atoms with Crippen LogP contribution in [0.4, 0.5) is 0 Å². The molecule has 1 nitrogen and oxygen atoms in total. The zero-order chi connectivity index (χ0) is 10.5. The zero-order valence-electron chi connectivity index (χ0n) is 9.35. The normalized spacial score (nSPS) is 12.5. The molecule has 0 spiro atoms. The van der Waals surface area contributed by atoms with Gasteiger partial charge in [-0.05, 0) is 38.7 Å². The smallest absolute Gasteiger partial charge is 0.142 e. The maximum Gasteiger partial charge on any atom is 0.142 e. The van der Waals surface area contributed by atoms with E-state index in [1.54, 1.807) is 6.08 Å². The molecule has 0 aliphatic rings. The molecule has 0 saturated heterocycles. The molecule has 0 unspecified atom stereocenters. The highest BCUT2D eigenvalue weighted by Crippen LogP contribution is 2.30. The van der Waals surface area contributed by atoms with Crippen molar-refractivity contribution in [1.82, 2.24) is 0 Å². The third kappa shape index (κ3) is 4.66. The Bertz CT molecular complexity index is 228. The second-order valence-electron chi connectivity index (χ2n) is 4.36. The number of allylic oxidation sites excluding steroid dienone is 4. The average molecular weight is 180 g/mol. The Morgan fingerprint density at radius 3 is 2.15 bits per heavy atom. The molecule has 0 aromatic rings. The maximum absolute atomic E-state index is 10.3. The summed E-state index contributed by atoms with van der Waals surface area (Å²) in [6.07, 6.45) is 5.71. The summed E-state index contributed by atoms with van der Waals surface area (Å²) in [5.74, 6) is 0. The molecule has 13 heavy (non-hydrogen) atoms. The molecule has 0 fully saturated rings. The van der Waals surface area contributed by atoms with Crippen LogP contribution in [-0.2, 0) is 4.79 Å². The van der Waals surface area contributed by atoms with Gasteiger partial charge in [-0.25, -0.2) is 0 Å². The first-order valence-electron chi connectivity index (χ1n) is 4.66. The molecule has 0 aliphatic carbocycles. The fraction of sp³-hybridized carbons (Fsp3) is 0.583. The molecular formula is C12H20O. The molecular weight excluding hydrogens is 160 g/mol. The lowest BCUT2D eigenvalue weighted by Crippen LogP contribution is -2.12. The summed E-state index contributed by atoms with van der Waals surface area (Å²) in [4.78, 5) is 10.3. The van der Waals surface area contributed by atoms with Crippen LogP contribution in [0.2, 0.25) is 0 Å². The van der Waals surface area contributed by atoms with Gasteiger partial charge in [0.1, 0.15) is 6.29 Å². The van der Waals surface area contributed by atoms with Crippen LogP contribution >= 0.6 is 0 Å². The van der Waals surface area contributed by atoms with E-state index in [1.807, 2.05) is 6.92 Å². The minimum Gasteiger partial charge on any atom is -0.299 e. The van der Waals surface area contributed by atoms with Crippen LogP contribution in [0.1, 0.15) is 41.0 Å². The van der Waals surface area contributed by atoms with E-state index in [0.717, 1.165) is 18.3 Å². The Kier molecular flexibility index (Phi) is 4.68. The Labute approximate surface area is 81.5 Å². The van der Waals surface area contributed by atoms with Crippen molar-refractivity contribution in [3.8, 4) is 0 Å². The van der Waals surface area contributed by atoms with Crippen molar-refractivity contribution >= 4 is 6.29 Å². The molecule has 0 bridgehead atoms. The largest absolute Gasteiger partial charge is 0.299 e. The van der Waals surface area contributed by atoms with Crippen LogP contribution in [0, 0.1) is 5.41 Å². The van der Waals surface area contributed by atoms with Crippen molar-refractivity contribution < 1.29 is 4.79 Å². The Morgan fingerprint density at radius 2 is 1.77 bits per heavy atom. The highest BCUT2D eigenvalue weighted by atomic mass is 16.1. The van der Waals surface area contributed by atoms with Crippen molar-refractivity contribution in [2.45, 2.75) is 41.0 Å². The first-order chi connectivity index (χ1) is 5.90. The molecule has 1 heteroatoms. The molecule has 74 valence electrons. The van der Waals surface area contributed by atoms with Crippen molar-refractivity contribution in [3.05, 3.63) is 23.3 Å². The lowest BCUT2D eigenvalue weighted by Gasteiger charge is -2.24. The summed E-state index contributed by atoms with van der Waals surface area (Å²) in [6.45, 7) is 10.5. The van der Waals surface area contributed by atoms with Gasteiger partial charge in [0.15, 0.2) is 0 Å². The highest BCUT2D eigenvalue weighted by molar-refractivity contribution is 5.66. The summed E-state index contributed by atoms with van der Waals surface area (Å²) in [7, 11) is 0. The number of aldehydes is 1. The second kappa shape index (κ2) is 5.00. The highest BCUT2D eigenvalue weighted by Gasteiger charge is 2.17. The molecule has 0 amide bonds. The molecule has 0 aliphatic heterocycles. The average Bonchev–Trinajstić information content (AvgIpc) is 2.01.